The van der Waals surface area contributed by atoms with Crippen molar-refractivity contribution in [3.63, 3.8) is 0 Å². The number of rotatable bonds is 6. The van der Waals surface area contributed by atoms with E-state index in [0.717, 1.165) is 4.31 Å². The number of sulfonamides is 1. The highest BCUT2D eigenvalue weighted by Crippen LogP contribution is 2.35. The monoisotopic (exact) mass is 405 g/mol. The summed E-state index contributed by atoms with van der Waals surface area (Å²) in [5, 5.41) is 2.66. The molecule has 0 unspecified atom stereocenters. The van der Waals surface area contributed by atoms with Crippen molar-refractivity contribution in [2.75, 3.05) is 26.0 Å². The highest BCUT2D eigenvalue weighted by Gasteiger charge is 2.46. The molecule has 1 saturated heterocycles. The minimum Gasteiger partial charge on any atom is -0.326 e. The summed E-state index contributed by atoms with van der Waals surface area (Å²) >= 11 is 0. The fourth-order valence-electron chi connectivity index (χ4n) is 3.45. The van der Waals surface area contributed by atoms with Gasteiger partial charge in [0.25, 0.3) is 0 Å². The van der Waals surface area contributed by atoms with Crippen LogP contribution in [0, 0.1) is 11.8 Å². The third-order valence-corrected chi connectivity index (χ3v) is 6.91. The summed E-state index contributed by atoms with van der Waals surface area (Å²) in [6, 6.07) is 5.83. The van der Waals surface area contributed by atoms with E-state index in [1.54, 1.807) is 0 Å². The van der Waals surface area contributed by atoms with Crippen molar-refractivity contribution in [1.82, 2.24) is 9.21 Å². The second kappa shape index (κ2) is 7.84. The van der Waals surface area contributed by atoms with Crippen LogP contribution in [0.25, 0.3) is 0 Å². The Morgan fingerprint density at radius 1 is 1.07 bits per heavy atom. The third-order valence-electron chi connectivity index (χ3n) is 5.08. The Morgan fingerprint density at radius 3 is 2.11 bits per heavy atom. The van der Waals surface area contributed by atoms with Crippen LogP contribution in [0.1, 0.15) is 19.3 Å². The van der Waals surface area contributed by atoms with E-state index in [2.05, 4.69) is 5.32 Å². The van der Waals surface area contributed by atoms with Gasteiger partial charge in [-0.3, -0.25) is 19.3 Å². The fourth-order valence-corrected chi connectivity index (χ4v) is 4.35. The van der Waals surface area contributed by atoms with Gasteiger partial charge in [0.05, 0.1) is 16.7 Å². The quantitative estimate of drug-likeness (QED) is 0.566. The van der Waals surface area contributed by atoms with Gasteiger partial charge in [-0.05, 0) is 37.1 Å². The van der Waals surface area contributed by atoms with Crippen LogP contribution < -0.4 is 5.32 Å². The van der Waals surface area contributed by atoms with Crippen molar-refractivity contribution in [3.05, 3.63) is 36.4 Å². The first-order valence-corrected chi connectivity index (χ1v) is 10.5. The van der Waals surface area contributed by atoms with Gasteiger partial charge in [-0.2, -0.15) is 0 Å². The second-order valence-electron chi connectivity index (χ2n) is 7.09. The molecule has 1 N–H and O–H groups in total. The number of nitrogens with zero attached hydrogens (tertiary/aromatic N) is 2. The summed E-state index contributed by atoms with van der Waals surface area (Å²) < 4.78 is 25.2. The molecule has 0 radical (unpaired) electrons. The molecule has 28 heavy (non-hydrogen) atoms. The van der Waals surface area contributed by atoms with Gasteiger partial charge in [0.15, 0.2) is 0 Å². The third kappa shape index (κ3) is 3.85. The highest BCUT2D eigenvalue weighted by molar-refractivity contribution is 7.89. The zero-order valence-corrected chi connectivity index (χ0v) is 16.6. The first-order chi connectivity index (χ1) is 13.2. The molecule has 0 spiro atoms. The molecule has 0 bridgehead atoms. The lowest BCUT2D eigenvalue weighted by molar-refractivity contribution is -0.140. The summed E-state index contributed by atoms with van der Waals surface area (Å²) in [5.74, 6) is -1.36. The number of carbonyl (C=O) groups excluding carboxylic acids is 3. The molecule has 8 nitrogen and oxygen atoms in total. The van der Waals surface area contributed by atoms with Gasteiger partial charge in [-0.15, -0.1) is 0 Å². The lowest BCUT2D eigenvalue weighted by atomic mass is 9.85. The van der Waals surface area contributed by atoms with Crippen molar-refractivity contribution >= 4 is 33.4 Å². The van der Waals surface area contributed by atoms with E-state index in [1.165, 1.54) is 43.3 Å². The molecule has 1 aliphatic carbocycles. The standard InChI is InChI=1S/C19H23N3O5S/c1-21(2)28(26,27)14-9-7-13(8-10-14)20-17(23)11-12-22-18(24)15-5-3-4-6-16(15)19(22)25/h3-4,7-10,15-16H,5-6,11-12H2,1-2H3,(H,20,23)/t15-,16-/m1/s1. The van der Waals surface area contributed by atoms with E-state index in [0.29, 0.717) is 18.5 Å². The smallest absolute Gasteiger partial charge is 0.242 e. The second-order valence-corrected chi connectivity index (χ2v) is 9.25. The van der Waals surface area contributed by atoms with Crippen LogP contribution in [0.3, 0.4) is 0 Å². The van der Waals surface area contributed by atoms with Gasteiger partial charge in [0.1, 0.15) is 0 Å². The van der Waals surface area contributed by atoms with Crippen LogP contribution in [-0.4, -0.2) is 56.0 Å². The van der Waals surface area contributed by atoms with E-state index >= 15 is 0 Å². The number of amides is 3. The molecule has 0 aromatic heterocycles. The molecule has 1 fully saturated rings. The molecule has 2 aliphatic rings. The number of imide groups is 1. The Kier molecular flexibility index (Phi) is 5.66. The molecule has 3 rings (SSSR count). The number of allylic oxidation sites excluding steroid dienone is 2. The Morgan fingerprint density at radius 2 is 1.61 bits per heavy atom. The Hall–Kier alpha value is -2.52. The Bertz CT molecular complexity index is 895. The van der Waals surface area contributed by atoms with Gasteiger partial charge >= 0.3 is 0 Å². The van der Waals surface area contributed by atoms with Crippen molar-refractivity contribution in [2.45, 2.75) is 24.2 Å². The van der Waals surface area contributed by atoms with Crippen LogP contribution >= 0.6 is 0 Å². The number of carbonyl (C=O) groups is 3. The molecule has 3 amide bonds. The Balaban J connectivity index is 1.56. The van der Waals surface area contributed by atoms with Gasteiger partial charge in [0, 0.05) is 32.7 Å². The van der Waals surface area contributed by atoms with Crippen molar-refractivity contribution in [3.8, 4) is 0 Å². The zero-order chi connectivity index (χ0) is 20.5. The maximum absolute atomic E-state index is 12.4. The number of hydrogen-bond acceptors (Lipinski definition) is 5. The van der Waals surface area contributed by atoms with Crippen LogP contribution in [-0.2, 0) is 24.4 Å². The van der Waals surface area contributed by atoms with E-state index in [4.69, 9.17) is 0 Å². The molecule has 0 saturated carbocycles. The summed E-state index contributed by atoms with van der Waals surface area (Å²) in [6.45, 7) is 0.0452. The molecular weight excluding hydrogens is 382 g/mol. The summed E-state index contributed by atoms with van der Waals surface area (Å²) in [6.07, 6.45) is 4.97. The summed E-state index contributed by atoms with van der Waals surface area (Å²) in [4.78, 5) is 38.3. The SMILES string of the molecule is CN(C)S(=O)(=O)c1ccc(NC(=O)CCN2C(=O)[C@@H]3CC=CC[C@H]3C2=O)cc1. The number of fused-ring (bicyclic) bond motifs is 1. The van der Waals surface area contributed by atoms with Gasteiger partial charge < -0.3 is 5.32 Å². The summed E-state index contributed by atoms with van der Waals surface area (Å²) in [7, 11) is -0.647. The average Bonchev–Trinajstić information content (AvgIpc) is 2.91. The number of benzene rings is 1. The maximum Gasteiger partial charge on any atom is 0.242 e. The number of hydrogen-bond donors (Lipinski definition) is 1. The van der Waals surface area contributed by atoms with Gasteiger partial charge in [0.2, 0.25) is 27.7 Å². The highest BCUT2D eigenvalue weighted by atomic mass is 32.2. The van der Waals surface area contributed by atoms with Crippen molar-refractivity contribution in [1.29, 1.82) is 0 Å². The predicted molar refractivity (Wildman–Crippen MR) is 103 cm³/mol. The topological polar surface area (TPSA) is 104 Å². The first kappa shape index (κ1) is 20.2. The largest absolute Gasteiger partial charge is 0.326 e. The van der Waals surface area contributed by atoms with E-state index in [-0.39, 0.29) is 47.4 Å². The normalized spacial score (nSPS) is 21.9. The molecule has 1 heterocycles. The molecule has 2 atom stereocenters. The minimum absolute atomic E-state index is 0.0118. The van der Waals surface area contributed by atoms with Crippen LogP contribution in [0.5, 0.6) is 0 Å². The van der Waals surface area contributed by atoms with Gasteiger partial charge in [-0.1, -0.05) is 12.2 Å². The van der Waals surface area contributed by atoms with E-state index in [9.17, 15) is 22.8 Å². The maximum atomic E-state index is 12.4. The lowest BCUT2D eigenvalue weighted by Gasteiger charge is -2.15. The molecule has 1 aliphatic heterocycles. The van der Waals surface area contributed by atoms with Crippen LogP contribution in [0.4, 0.5) is 5.69 Å². The van der Waals surface area contributed by atoms with Gasteiger partial charge in [-0.25, -0.2) is 12.7 Å². The average molecular weight is 405 g/mol. The molecular formula is C19H23N3O5S. The minimum atomic E-state index is -3.53. The number of anilines is 1. The number of likely N-dealkylation sites (tertiary alicyclic amines) is 1. The zero-order valence-electron chi connectivity index (χ0n) is 15.8. The molecule has 1 aromatic carbocycles. The predicted octanol–water partition coefficient (Wildman–Crippen LogP) is 1.22. The fraction of sp³-hybridized carbons (Fsp3) is 0.421. The van der Waals surface area contributed by atoms with Crippen molar-refractivity contribution < 1.29 is 22.8 Å². The van der Waals surface area contributed by atoms with Crippen LogP contribution in [0.2, 0.25) is 0 Å². The van der Waals surface area contributed by atoms with Crippen LogP contribution in [0.15, 0.2) is 41.3 Å². The molecule has 1 aromatic rings. The van der Waals surface area contributed by atoms with E-state index < -0.39 is 10.0 Å². The Labute approximate surface area is 164 Å². The molecule has 150 valence electrons. The summed E-state index contributed by atoms with van der Waals surface area (Å²) in [5.41, 5.74) is 0.444. The number of nitrogens with one attached hydrogen (secondary N) is 1. The lowest BCUT2D eigenvalue weighted by Crippen LogP contribution is -2.34. The van der Waals surface area contributed by atoms with Crippen molar-refractivity contribution in [2.24, 2.45) is 11.8 Å². The first-order valence-electron chi connectivity index (χ1n) is 9.04. The molecule has 9 heteroatoms. The van der Waals surface area contributed by atoms with E-state index in [1.807, 2.05) is 12.2 Å².